The normalized spacial score (nSPS) is 11.3. The summed E-state index contributed by atoms with van der Waals surface area (Å²) in [5.41, 5.74) is 17.8. The lowest BCUT2D eigenvalue weighted by atomic mass is 9.77. The predicted octanol–water partition coefficient (Wildman–Crippen LogP) is 14.5. The molecule has 9 rings (SSSR count). The van der Waals surface area contributed by atoms with Crippen LogP contribution in [-0.4, -0.2) is 15.0 Å². The van der Waals surface area contributed by atoms with Crippen LogP contribution in [-0.2, 0) is 0 Å². The van der Waals surface area contributed by atoms with Crippen molar-refractivity contribution in [2.75, 3.05) is 4.90 Å². The van der Waals surface area contributed by atoms with E-state index in [0.29, 0.717) is 17.6 Å². The molecule has 1 aromatic heterocycles. The average molecular weight is 777 g/mol. The van der Waals surface area contributed by atoms with Crippen molar-refractivity contribution in [3.63, 3.8) is 0 Å². The zero-order valence-electron chi connectivity index (χ0n) is 35.1. The predicted molar refractivity (Wildman–Crippen MR) is 251 cm³/mol. The number of hydrogen-bond donors (Lipinski definition) is 0. The third kappa shape index (κ3) is 7.49. The molecule has 0 saturated heterocycles. The number of aromatic nitrogens is 3. The summed E-state index contributed by atoms with van der Waals surface area (Å²) in [4.78, 5) is 17.9. The van der Waals surface area contributed by atoms with Gasteiger partial charge in [-0.2, -0.15) is 9.97 Å². The van der Waals surface area contributed by atoms with Gasteiger partial charge in [-0.25, -0.2) is 4.98 Å². The van der Waals surface area contributed by atoms with Crippen molar-refractivity contribution in [2.24, 2.45) is 0 Å². The Hall–Kier alpha value is -7.17. The van der Waals surface area contributed by atoms with Crippen molar-refractivity contribution in [1.82, 2.24) is 15.0 Å². The Bertz CT molecular complexity index is 2860. The largest absolute Gasteiger partial charge is 0.278 e. The first-order valence-electron chi connectivity index (χ1n) is 20.7. The van der Waals surface area contributed by atoms with E-state index >= 15 is 0 Å². The molecule has 0 radical (unpaired) electrons. The van der Waals surface area contributed by atoms with Gasteiger partial charge in [0.05, 0.1) is 5.69 Å². The van der Waals surface area contributed by atoms with Crippen molar-refractivity contribution in [1.29, 1.82) is 0 Å². The molecule has 0 aliphatic rings. The Balaban J connectivity index is 1.24. The Morgan fingerprint density at radius 2 is 0.850 bits per heavy atom. The van der Waals surface area contributed by atoms with Gasteiger partial charge < -0.3 is 0 Å². The molecule has 4 nitrogen and oxygen atoms in total. The highest BCUT2D eigenvalue weighted by atomic mass is 15.3. The van der Waals surface area contributed by atoms with E-state index in [1.54, 1.807) is 0 Å². The molecule has 9 aromatic rings. The summed E-state index contributed by atoms with van der Waals surface area (Å²) < 4.78 is 0. The monoisotopic (exact) mass is 776 g/mol. The molecule has 8 aromatic carbocycles. The lowest BCUT2D eigenvalue weighted by Gasteiger charge is -2.28. The summed E-state index contributed by atoms with van der Waals surface area (Å²) in [6.07, 6.45) is 0. The summed E-state index contributed by atoms with van der Waals surface area (Å²) in [5, 5.41) is 2.25. The fraction of sp³-hybridized carbons (Fsp3) is 0.125. The molecule has 0 aliphatic heterocycles. The maximum absolute atomic E-state index is 5.31. The fourth-order valence-corrected chi connectivity index (χ4v) is 9.10. The van der Waals surface area contributed by atoms with Crippen LogP contribution >= 0.6 is 0 Å². The van der Waals surface area contributed by atoms with Crippen LogP contribution in [0.2, 0.25) is 0 Å². The van der Waals surface area contributed by atoms with Crippen LogP contribution < -0.4 is 4.90 Å². The Labute approximate surface area is 353 Å². The summed E-state index contributed by atoms with van der Waals surface area (Å²) in [5.74, 6) is 1.82. The molecule has 1 heterocycles. The van der Waals surface area contributed by atoms with Gasteiger partial charge in [0, 0.05) is 28.1 Å². The Morgan fingerprint density at radius 3 is 1.42 bits per heavy atom. The molecule has 0 aliphatic carbocycles. The summed E-state index contributed by atoms with van der Waals surface area (Å²) in [7, 11) is 0. The molecular formula is C56H48N4. The smallest absolute Gasteiger partial charge is 0.238 e. The minimum absolute atomic E-state index is 0.0542. The van der Waals surface area contributed by atoms with E-state index in [9.17, 15) is 0 Å². The second kappa shape index (κ2) is 16.2. The Kier molecular flexibility index (Phi) is 10.4. The molecule has 0 spiro atoms. The van der Waals surface area contributed by atoms with Crippen LogP contribution in [0.25, 0.3) is 44.7 Å². The highest BCUT2D eigenvalue weighted by Gasteiger charge is 2.26. The van der Waals surface area contributed by atoms with Crippen molar-refractivity contribution in [3.05, 3.63) is 226 Å². The van der Waals surface area contributed by atoms with Crippen molar-refractivity contribution >= 4 is 28.1 Å². The van der Waals surface area contributed by atoms with Gasteiger partial charge in [0.1, 0.15) is 0 Å². The van der Waals surface area contributed by atoms with E-state index in [0.717, 1.165) is 38.8 Å². The van der Waals surface area contributed by atoms with Crippen LogP contribution in [0.1, 0.15) is 56.0 Å². The zero-order valence-corrected chi connectivity index (χ0v) is 35.1. The molecule has 0 amide bonds. The second-order valence-corrected chi connectivity index (χ2v) is 16.1. The molecule has 0 fully saturated rings. The molecule has 0 bridgehead atoms. The third-order valence-electron chi connectivity index (χ3n) is 11.7. The molecule has 0 saturated carbocycles. The fourth-order valence-electron chi connectivity index (χ4n) is 9.10. The number of rotatable bonds is 9. The van der Waals surface area contributed by atoms with Gasteiger partial charge in [0.2, 0.25) is 5.95 Å². The number of benzene rings is 8. The second-order valence-electron chi connectivity index (χ2n) is 16.1. The van der Waals surface area contributed by atoms with Crippen molar-refractivity contribution < 1.29 is 0 Å². The summed E-state index contributed by atoms with van der Waals surface area (Å²) in [6, 6.07) is 62.5. The van der Waals surface area contributed by atoms with E-state index in [4.69, 9.17) is 15.0 Å². The van der Waals surface area contributed by atoms with Crippen molar-refractivity contribution in [3.8, 4) is 33.9 Å². The summed E-state index contributed by atoms with van der Waals surface area (Å²) >= 11 is 0. The maximum Gasteiger partial charge on any atom is 0.238 e. The number of fused-ring (bicyclic) bond motifs is 1. The molecule has 0 N–H and O–H groups in total. The highest BCUT2D eigenvalue weighted by Crippen LogP contribution is 2.43. The number of anilines is 3. The third-order valence-corrected chi connectivity index (χ3v) is 11.7. The highest BCUT2D eigenvalue weighted by molar-refractivity contribution is 5.98. The summed E-state index contributed by atoms with van der Waals surface area (Å²) in [6.45, 7) is 13.4. The Morgan fingerprint density at radius 1 is 0.400 bits per heavy atom. The van der Waals surface area contributed by atoms with E-state index < -0.39 is 0 Å². The molecule has 292 valence electrons. The molecule has 0 atom stereocenters. The van der Waals surface area contributed by atoms with Crippen molar-refractivity contribution in [2.45, 2.75) is 47.5 Å². The van der Waals surface area contributed by atoms with Gasteiger partial charge in [0.15, 0.2) is 11.6 Å². The topological polar surface area (TPSA) is 41.9 Å². The quantitative estimate of drug-likeness (QED) is 0.137. The van der Waals surface area contributed by atoms with E-state index in [1.807, 2.05) is 24.3 Å². The molecule has 60 heavy (non-hydrogen) atoms. The molecular weight excluding hydrogens is 729 g/mol. The lowest BCUT2D eigenvalue weighted by molar-refractivity contribution is 0.919. The molecule has 4 heteroatoms. The van der Waals surface area contributed by atoms with Crippen LogP contribution in [0, 0.1) is 41.5 Å². The van der Waals surface area contributed by atoms with Crippen LogP contribution in [0.3, 0.4) is 0 Å². The van der Waals surface area contributed by atoms with Gasteiger partial charge in [-0.1, -0.05) is 169 Å². The van der Waals surface area contributed by atoms with Gasteiger partial charge in [0.25, 0.3) is 0 Å². The van der Waals surface area contributed by atoms with Gasteiger partial charge >= 0.3 is 0 Å². The first-order chi connectivity index (χ1) is 29.2. The maximum atomic E-state index is 5.31. The van der Waals surface area contributed by atoms with Gasteiger partial charge in [-0.3, -0.25) is 4.90 Å². The lowest BCUT2D eigenvalue weighted by Crippen LogP contribution is -2.16. The zero-order chi connectivity index (χ0) is 41.3. The first kappa shape index (κ1) is 38.4. The van der Waals surface area contributed by atoms with Crippen LogP contribution in [0.4, 0.5) is 17.3 Å². The van der Waals surface area contributed by atoms with E-state index in [1.165, 1.54) is 55.6 Å². The van der Waals surface area contributed by atoms with Gasteiger partial charge in [-0.15, -0.1) is 0 Å². The van der Waals surface area contributed by atoms with Crippen LogP contribution in [0.15, 0.2) is 176 Å². The average Bonchev–Trinajstić information content (AvgIpc) is 3.26. The number of nitrogens with zero attached hydrogens (tertiary/aromatic N) is 4. The minimum Gasteiger partial charge on any atom is -0.278 e. The first-order valence-corrected chi connectivity index (χ1v) is 20.7. The number of hydrogen-bond acceptors (Lipinski definition) is 4. The van der Waals surface area contributed by atoms with E-state index in [2.05, 4.69) is 198 Å². The SMILES string of the molecule is Cc1cc(C)c(C(c2ccc(N(c3nc(-c4ccccc4)nc(-c4ccc(-c5ccccc5)cc4)n3)c3cccc4ccccc34)cc2)c2c(C)cc(C)cc2C)c(C)c1. The molecule has 0 unspecified atom stereocenters. The number of aryl methyl sites for hydroxylation is 6. The standard InChI is InChI=1S/C56H48N4/c1-36-32-38(3)51(39(4)33-36)53(52-40(5)34-37(2)35-41(52)6)45-28-30-48(31-29-45)60(50-23-15-21-44-18-13-14-22-49(44)50)56-58-54(46-19-11-8-12-20-46)57-55(59-56)47-26-24-43(25-27-47)42-16-9-7-10-17-42/h7-35,53H,1-6H3. The minimum atomic E-state index is 0.0542. The van der Waals surface area contributed by atoms with Crippen LogP contribution in [0.5, 0.6) is 0 Å². The van der Waals surface area contributed by atoms with Gasteiger partial charge in [-0.05, 0) is 115 Å². The van der Waals surface area contributed by atoms with E-state index in [-0.39, 0.29) is 5.92 Å².